The molecule has 0 spiro atoms. The van der Waals surface area contributed by atoms with E-state index in [0.717, 1.165) is 32.1 Å². The van der Waals surface area contributed by atoms with Gasteiger partial charge in [-0.05, 0) is 25.0 Å². The Morgan fingerprint density at radius 2 is 1.82 bits per heavy atom. The summed E-state index contributed by atoms with van der Waals surface area (Å²) in [5, 5.41) is 19.4. The molecule has 0 atom stereocenters. The van der Waals surface area contributed by atoms with E-state index in [1.807, 2.05) is 0 Å². The zero-order valence-corrected chi connectivity index (χ0v) is 9.75. The van der Waals surface area contributed by atoms with Gasteiger partial charge in [-0.15, -0.1) is 0 Å². The van der Waals surface area contributed by atoms with Crippen molar-refractivity contribution in [1.82, 2.24) is 0 Å². The summed E-state index contributed by atoms with van der Waals surface area (Å²) >= 11 is 0. The van der Waals surface area contributed by atoms with Crippen molar-refractivity contribution in [3.05, 3.63) is 23.5 Å². The Morgan fingerprint density at radius 3 is 2.41 bits per heavy atom. The van der Waals surface area contributed by atoms with Crippen molar-refractivity contribution in [3.8, 4) is 11.5 Å². The summed E-state index contributed by atoms with van der Waals surface area (Å²) in [5.41, 5.74) is 5.47. The second kappa shape index (κ2) is 4.53. The van der Waals surface area contributed by atoms with E-state index in [-0.39, 0.29) is 17.1 Å². The van der Waals surface area contributed by atoms with Crippen LogP contribution in [0.4, 0.5) is 4.39 Å². The molecule has 1 aliphatic rings. The fourth-order valence-electron chi connectivity index (χ4n) is 2.84. The third kappa shape index (κ3) is 1.97. The van der Waals surface area contributed by atoms with Crippen molar-refractivity contribution in [2.45, 2.75) is 37.5 Å². The highest BCUT2D eigenvalue weighted by atomic mass is 19.1. The molecule has 4 heteroatoms. The van der Waals surface area contributed by atoms with E-state index in [2.05, 4.69) is 0 Å². The van der Waals surface area contributed by atoms with Gasteiger partial charge in [-0.2, -0.15) is 0 Å². The normalized spacial score (nSPS) is 19.2. The van der Waals surface area contributed by atoms with E-state index in [1.165, 1.54) is 12.1 Å². The van der Waals surface area contributed by atoms with Crippen molar-refractivity contribution in [1.29, 1.82) is 0 Å². The first-order chi connectivity index (χ1) is 8.10. The van der Waals surface area contributed by atoms with Crippen molar-refractivity contribution in [2.75, 3.05) is 6.54 Å². The van der Waals surface area contributed by atoms with Crippen LogP contribution in [0.25, 0.3) is 0 Å². The van der Waals surface area contributed by atoms with Gasteiger partial charge in [-0.3, -0.25) is 0 Å². The number of rotatable bonds is 2. The van der Waals surface area contributed by atoms with Gasteiger partial charge < -0.3 is 15.9 Å². The van der Waals surface area contributed by atoms with Crippen LogP contribution in [-0.4, -0.2) is 16.8 Å². The highest BCUT2D eigenvalue weighted by Crippen LogP contribution is 2.46. The molecule has 2 rings (SSSR count). The molecule has 17 heavy (non-hydrogen) atoms. The molecule has 0 amide bonds. The lowest BCUT2D eigenvalue weighted by atomic mass is 9.69. The molecule has 1 aromatic carbocycles. The quantitative estimate of drug-likeness (QED) is 0.694. The van der Waals surface area contributed by atoms with E-state index >= 15 is 0 Å². The number of phenolic OH excluding ortho intramolecular Hbond substituents is 2. The van der Waals surface area contributed by atoms with Crippen LogP contribution >= 0.6 is 0 Å². The topological polar surface area (TPSA) is 66.5 Å². The van der Waals surface area contributed by atoms with Crippen LogP contribution in [0, 0.1) is 5.82 Å². The predicted molar refractivity (Wildman–Crippen MR) is 63.5 cm³/mol. The number of aromatic hydroxyl groups is 2. The zero-order valence-electron chi connectivity index (χ0n) is 9.75. The lowest BCUT2D eigenvalue weighted by molar-refractivity contribution is 0.276. The molecular formula is C13H18FNO2. The maximum atomic E-state index is 13.9. The lowest BCUT2D eigenvalue weighted by Gasteiger charge is -2.37. The van der Waals surface area contributed by atoms with Crippen LogP contribution in [0.1, 0.15) is 37.7 Å². The van der Waals surface area contributed by atoms with Gasteiger partial charge >= 0.3 is 0 Å². The maximum Gasteiger partial charge on any atom is 0.164 e. The summed E-state index contributed by atoms with van der Waals surface area (Å²) in [6.45, 7) is 0.293. The molecule has 0 unspecified atom stereocenters. The second-order valence-electron chi connectivity index (χ2n) is 4.84. The first-order valence-electron chi connectivity index (χ1n) is 6.02. The van der Waals surface area contributed by atoms with E-state index in [1.54, 1.807) is 0 Å². The van der Waals surface area contributed by atoms with Gasteiger partial charge in [0.15, 0.2) is 11.5 Å². The molecule has 0 aliphatic heterocycles. The predicted octanol–water partition coefficient (Wildman–Crippen LogP) is 2.40. The average Bonchev–Trinajstić information content (AvgIpc) is 2.35. The minimum atomic E-state index is -0.523. The van der Waals surface area contributed by atoms with Crippen molar-refractivity contribution >= 4 is 0 Å². The molecule has 94 valence electrons. The Labute approximate surface area is 100 Å². The third-order valence-electron chi connectivity index (χ3n) is 3.84. The molecule has 1 aliphatic carbocycles. The van der Waals surface area contributed by atoms with Crippen LogP contribution < -0.4 is 5.73 Å². The van der Waals surface area contributed by atoms with Gasteiger partial charge in [-0.1, -0.05) is 19.3 Å². The van der Waals surface area contributed by atoms with Crippen LogP contribution in [0.2, 0.25) is 0 Å². The van der Waals surface area contributed by atoms with Crippen molar-refractivity contribution in [2.24, 2.45) is 5.73 Å². The number of nitrogens with two attached hydrogens (primary N) is 1. The molecule has 1 fully saturated rings. The Balaban J connectivity index is 2.53. The summed E-state index contributed by atoms with van der Waals surface area (Å²) in [4.78, 5) is 0. The van der Waals surface area contributed by atoms with Crippen LogP contribution in [-0.2, 0) is 5.41 Å². The number of halogens is 1. The Hall–Kier alpha value is -1.29. The van der Waals surface area contributed by atoms with E-state index in [0.29, 0.717) is 6.54 Å². The molecule has 0 bridgehead atoms. The zero-order chi connectivity index (χ0) is 12.5. The number of phenols is 2. The number of benzene rings is 1. The highest BCUT2D eigenvalue weighted by Gasteiger charge is 2.37. The Bertz CT molecular complexity index is 414. The maximum absolute atomic E-state index is 13.9. The fourth-order valence-corrected chi connectivity index (χ4v) is 2.84. The van der Waals surface area contributed by atoms with Crippen molar-refractivity contribution < 1.29 is 14.6 Å². The highest BCUT2D eigenvalue weighted by molar-refractivity contribution is 5.49. The Morgan fingerprint density at radius 1 is 1.18 bits per heavy atom. The molecule has 1 aromatic rings. The smallest absolute Gasteiger partial charge is 0.164 e. The SMILES string of the molecule is NCC1(c2c(F)ccc(O)c2O)CCCCC1. The summed E-state index contributed by atoms with van der Waals surface area (Å²) in [7, 11) is 0. The summed E-state index contributed by atoms with van der Waals surface area (Å²) in [6.07, 6.45) is 4.59. The van der Waals surface area contributed by atoms with Gasteiger partial charge in [-0.25, -0.2) is 4.39 Å². The summed E-state index contributed by atoms with van der Waals surface area (Å²) in [5.74, 6) is -1.11. The monoisotopic (exact) mass is 239 g/mol. The first-order valence-corrected chi connectivity index (χ1v) is 6.02. The molecule has 0 heterocycles. The molecule has 1 saturated carbocycles. The molecule has 0 radical (unpaired) electrons. The van der Waals surface area contributed by atoms with E-state index in [4.69, 9.17) is 5.73 Å². The second-order valence-corrected chi connectivity index (χ2v) is 4.84. The number of hydrogen-bond donors (Lipinski definition) is 3. The summed E-state index contributed by atoms with van der Waals surface area (Å²) < 4.78 is 13.9. The lowest BCUT2D eigenvalue weighted by Crippen LogP contribution is -2.38. The van der Waals surface area contributed by atoms with Gasteiger partial charge in [0.1, 0.15) is 5.82 Å². The van der Waals surface area contributed by atoms with Gasteiger partial charge in [0, 0.05) is 17.5 Å². The Kier molecular flexibility index (Phi) is 3.24. The molecule has 3 nitrogen and oxygen atoms in total. The standard InChI is InChI=1S/C13H18FNO2/c14-9-4-5-10(16)12(17)11(9)13(8-15)6-2-1-3-7-13/h4-5,16-17H,1-3,6-8,15H2. The minimum absolute atomic E-state index is 0.194. The number of hydrogen-bond acceptors (Lipinski definition) is 3. The third-order valence-corrected chi connectivity index (χ3v) is 3.84. The molecular weight excluding hydrogens is 221 g/mol. The van der Waals surface area contributed by atoms with E-state index in [9.17, 15) is 14.6 Å². The first kappa shape index (κ1) is 12.2. The van der Waals surface area contributed by atoms with Crippen LogP contribution in [0.5, 0.6) is 11.5 Å². The molecule has 0 saturated heterocycles. The van der Waals surface area contributed by atoms with E-state index < -0.39 is 11.2 Å². The minimum Gasteiger partial charge on any atom is -0.504 e. The van der Waals surface area contributed by atoms with Crippen molar-refractivity contribution in [3.63, 3.8) is 0 Å². The van der Waals surface area contributed by atoms with Gasteiger partial charge in [0.2, 0.25) is 0 Å². The summed E-state index contributed by atoms with van der Waals surface area (Å²) in [6, 6.07) is 2.36. The van der Waals surface area contributed by atoms with Crippen LogP contribution in [0.15, 0.2) is 12.1 Å². The van der Waals surface area contributed by atoms with Gasteiger partial charge in [0.05, 0.1) is 0 Å². The average molecular weight is 239 g/mol. The fraction of sp³-hybridized carbons (Fsp3) is 0.538. The molecule has 4 N–H and O–H groups in total. The largest absolute Gasteiger partial charge is 0.504 e. The van der Waals surface area contributed by atoms with Crippen LogP contribution in [0.3, 0.4) is 0 Å². The molecule has 0 aromatic heterocycles. The van der Waals surface area contributed by atoms with Gasteiger partial charge in [0.25, 0.3) is 0 Å².